The average Bonchev–Trinajstić information content (AvgIpc) is 3.02. The molecule has 1 fully saturated rings. The predicted octanol–water partition coefficient (Wildman–Crippen LogP) is 6.15. The van der Waals surface area contributed by atoms with Crippen LogP contribution in [0.2, 0.25) is 0 Å². The molecular weight excluding hydrogens is 602 g/mol. The molecule has 1 amide bonds. The van der Waals surface area contributed by atoms with Gasteiger partial charge in [0.1, 0.15) is 23.2 Å². The molecule has 12 heteroatoms. The van der Waals surface area contributed by atoms with Gasteiger partial charge in [-0.3, -0.25) is 14.2 Å². The Hall–Kier alpha value is -3.93. The van der Waals surface area contributed by atoms with Crippen LogP contribution in [0.25, 0.3) is 5.69 Å². The van der Waals surface area contributed by atoms with Crippen LogP contribution >= 0.6 is 0 Å². The Morgan fingerprint density at radius 3 is 2.43 bits per heavy atom. The zero-order valence-corrected chi connectivity index (χ0v) is 26.7. The summed E-state index contributed by atoms with van der Waals surface area (Å²) >= 11 is 0. The normalized spacial score (nSPS) is 16.5. The summed E-state index contributed by atoms with van der Waals surface area (Å²) in [6.45, 7) is 10.5. The summed E-state index contributed by atoms with van der Waals surface area (Å²) in [5.74, 6) is -0.339. The molecule has 0 bridgehead atoms. The van der Waals surface area contributed by atoms with E-state index in [9.17, 15) is 27.2 Å². The standard InChI is InChI=1S/C34H41F4N5O3/c1-5-46-26-11-9-24(10-12-26)43-32(40-31-27(33(43)45)7-6-16-39-31)22(4)42(25-14-17-41(18-15-25)21(2)3)30(44)20-23-8-13-29(35)28(19-23)34(36,37)38/h8-13,19,21-22,25,39H,5-7,14-18,20H2,1-4H3/t22-/m1/s1. The van der Waals surface area contributed by atoms with Crippen molar-refractivity contribution in [3.05, 3.63) is 81.2 Å². The van der Waals surface area contributed by atoms with Gasteiger partial charge in [-0.2, -0.15) is 13.2 Å². The van der Waals surface area contributed by atoms with E-state index in [4.69, 9.17) is 9.72 Å². The van der Waals surface area contributed by atoms with Gasteiger partial charge >= 0.3 is 6.18 Å². The highest BCUT2D eigenvalue weighted by Gasteiger charge is 2.37. The first-order valence-electron chi connectivity index (χ1n) is 15.9. The minimum Gasteiger partial charge on any atom is -0.494 e. The van der Waals surface area contributed by atoms with Crippen LogP contribution in [-0.4, -0.2) is 63.6 Å². The van der Waals surface area contributed by atoms with Crippen molar-refractivity contribution in [3.63, 3.8) is 0 Å². The largest absolute Gasteiger partial charge is 0.494 e. The van der Waals surface area contributed by atoms with Crippen LogP contribution in [0.4, 0.5) is 23.4 Å². The summed E-state index contributed by atoms with van der Waals surface area (Å²) in [4.78, 5) is 37.2. The number of benzene rings is 2. The topological polar surface area (TPSA) is 79.7 Å². The fourth-order valence-corrected chi connectivity index (χ4v) is 6.51. The number of alkyl halides is 3. The molecule has 1 saturated heterocycles. The maximum Gasteiger partial charge on any atom is 0.419 e. The molecule has 0 saturated carbocycles. The van der Waals surface area contributed by atoms with Crippen molar-refractivity contribution in [2.24, 2.45) is 0 Å². The van der Waals surface area contributed by atoms with Crippen molar-refractivity contribution in [2.75, 3.05) is 31.6 Å². The van der Waals surface area contributed by atoms with E-state index in [2.05, 4.69) is 24.1 Å². The highest BCUT2D eigenvalue weighted by atomic mass is 19.4. The van der Waals surface area contributed by atoms with E-state index in [-0.39, 0.29) is 23.6 Å². The maximum atomic E-state index is 14.2. The van der Waals surface area contributed by atoms with Crippen LogP contribution in [-0.2, 0) is 23.8 Å². The number of amides is 1. The fourth-order valence-electron chi connectivity index (χ4n) is 6.51. The van der Waals surface area contributed by atoms with Gasteiger partial charge in [0.05, 0.1) is 35.9 Å². The van der Waals surface area contributed by atoms with E-state index < -0.39 is 29.5 Å². The summed E-state index contributed by atoms with van der Waals surface area (Å²) < 4.78 is 61.8. The van der Waals surface area contributed by atoms with Gasteiger partial charge < -0.3 is 19.9 Å². The van der Waals surface area contributed by atoms with E-state index in [0.717, 1.165) is 25.6 Å². The van der Waals surface area contributed by atoms with Gasteiger partial charge in [-0.05, 0) is 95.3 Å². The maximum absolute atomic E-state index is 14.2. The number of carbonyl (C=O) groups is 1. The Morgan fingerprint density at radius 1 is 1.11 bits per heavy atom. The van der Waals surface area contributed by atoms with Crippen molar-refractivity contribution >= 4 is 11.7 Å². The second-order valence-electron chi connectivity index (χ2n) is 12.2. The summed E-state index contributed by atoms with van der Waals surface area (Å²) in [6.07, 6.45) is -2.65. The van der Waals surface area contributed by atoms with E-state index >= 15 is 0 Å². The molecule has 0 spiro atoms. The molecule has 0 radical (unpaired) electrons. The fraction of sp³-hybridized carbons (Fsp3) is 0.500. The second kappa shape index (κ2) is 13.8. The SMILES string of the molecule is CCOc1ccc(-n2c([C@@H](C)N(C(=O)Cc3ccc(F)c(C(F)(F)F)c3)C3CCN(C(C)C)CC3)nc3c(c2=O)CCCN3)cc1. The van der Waals surface area contributed by atoms with Crippen LogP contribution < -0.4 is 15.6 Å². The first-order chi connectivity index (χ1) is 21.9. The second-order valence-corrected chi connectivity index (χ2v) is 12.2. The van der Waals surface area contributed by atoms with Crippen molar-refractivity contribution in [3.8, 4) is 11.4 Å². The number of hydrogen-bond acceptors (Lipinski definition) is 6. The summed E-state index contributed by atoms with van der Waals surface area (Å²) in [7, 11) is 0. The Labute approximate surface area is 266 Å². The summed E-state index contributed by atoms with van der Waals surface area (Å²) in [5.41, 5.74) is -0.468. The van der Waals surface area contributed by atoms with Crippen molar-refractivity contribution in [1.82, 2.24) is 19.4 Å². The van der Waals surface area contributed by atoms with Crippen LogP contribution in [0.5, 0.6) is 5.75 Å². The monoisotopic (exact) mass is 643 g/mol. The van der Waals surface area contributed by atoms with Gasteiger partial charge in [-0.15, -0.1) is 0 Å². The zero-order chi connectivity index (χ0) is 33.2. The average molecular weight is 644 g/mol. The molecule has 1 aromatic heterocycles. The van der Waals surface area contributed by atoms with Gasteiger partial charge in [0.15, 0.2) is 0 Å². The van der Waals surface area contributed by atoms with Crippen LogP contribution in [0.15, 0.2) is 47.3 Å². The molecule has 248 valence electrons. The Kier molecular flexibility index (Phi) is 10.0. The summed E-state index contributed by atoms with van der Waals surface area (Å²) in [6, 6.07) is 9.10. The number of nitrogens with one attached hydrogen (secondary N) is 1. The lowest BCUT2D eigenvalue weighted by atomic mass is 9.98. The van der Waals surface area contributed by atoms with E-state index in [1.165, 1.54) is 10.6 Å². The highest BCUT2D eigenvalue weighted by molar-refractivity contribution is 5.79. The molecule has 5 rings (SSSR count). The first kappa shape index (κ1) is 33.4. The van der Waals surface area contributed by atoms with Crippen molar-refractivity contribution < 1.29 is 27.1 Å². The number of halogens is 4. The highest BCUT2D eigenvalue weighted by Crippen LogP contribution is 2.34. The number of hydrogen-bond donors (Lipinski definition) is 1. The molecule has 46 heavy (non-hydrogen) atoms. The third-order valence-electron chi connectivity index (χ3n) is 8.90. The van der Waals surface area contributed by atoms with Gasteiger partial charge in [-0.1, -0.05) is 6.07 Å². The smallest absolute Gasteiger partial charge is 0.419 e. The molecule has 2 aromatic carbocycles. The Morgan fingerprint density at radius 2 is 1.80 bits per heavy atom. The quantitative estimate of drug-likeness (QED) is 0.282. The number of nitrogens with zero attached hydrogens (tertiary/aromatic N) is 4. The van der Waals surface area contributed by atoms with Crippen LogP contribution in [0.1, 0.15) is 75.5 Å². The molecule has 0 aliphatic carbocycles. The molecular formula is C34H41F4N5O3. The summed E-state index contributed by atoms with van der Waals surface area (Å²) in [5, 5.41) is 3.24. The molecule has 3 aromatic rings. The number of ether oxygens (including phenoxy) is 1. The lowest BCUT2D eigenvalue weighted by Crippen LogP contribution is -2.51. The molecule has 0 unspecified atom stereocenters. The lowest BCUT2D eigenvalue weighted by Gasteiger charge is -2.43. The third kappa shape index (κ3) is 7.06. The van der Waals surface area contributed by atoms with E-state index in [1.807, 2.05) is 6.92 Å². The minimum absolute atomic E-state index is 0.0551. The van der Waals surface area contributed by atoms with Gasteiger partial charge in [-0.25, -0.2) is 9.37 Å². The number of rotatable bonds is 9. The van der Waals surface area contributed by atoms with Crippen molar-refractivity contribution in [1.29, 1.82) is 0 Å². The molecule has 1 N–H and O–H groups in total. The molecule has 3 heterocycles. The molecule has 2 aliphatic heterocycles. The first-order valence-corrected chi connectivity index (χ1v) is 15.9. The zero-order valence-electron chi connectivity index (χ0n) is 26.7. The lowest BCUT2D eigenvalue weighted by molar-refractivity contribution is -0.140. The van der Waals surface area contributed by atoms with E-state index in [1.54, 1.807) is 36.1 Å². The van der Waals surface area contributed by atoms with Crippen LogP contribution in [0, 0.1) is 5.82 Å². The van der Waals surface area contributed by atoms with Crippen molar-refractivity contribution in [2.45, 2.75) is 84.1 Å². The van der Waals surface area contributed by atoms with Crippen LogP contribution in [0.3, 0.4) is 0 Å². The number of anilines is 1. The number of piperidine rings is 1. The van der Waals surface area contributed by atoms with Gasteiger partial charge in [0.2, 0.25) is 5.91 Å². The Balaban J connectivity index is 1.58. The third-order valence-corrected chi connectivity index (χ3v) is 8.90. The predicted molar refractivity (Wildman–Crippen MR) is 168 cm³/mol. The number of fused-ring (bicyclic) bond motifs is 1. The van der Waals surface area contributed by atoms with Gasteiger partial charge in [0, 0.05) is 31.7 Å². The Bertz CT molecular complexity index is 1600. The number of carbonyl (C=O) groups excluding carboxylic acids is 1. The number of aromatic nitrogens is 2. The number of likely N-dealkylation sites (tertiary alicyclic amines) is 1. The minimum atomic E-state index is -4.90. The molecule has 2 aliphatic rings. The molecule has 1 atom stereocenters. The molecule has 8 nitrogen and oxygen atoms in total. The van der Waals surface area contributed by atoms with Gasteiger partial charge in [0.25, 0.3) is 5.56 Å². The van der Waals surface area contributed by atoms with E-state index in [0.29, 0.717) is 73.2 Å².